The second-order valence-electron chi connectivity index (χ2n) is 4.04. The minimum atomic E-state index is 0.0111. The molecule has 17 heavy (non-hydrogen) atoms. The van der Waals surface area contributed by atoms with Crippen molar-refractivity contribution in [2.45, 2.75) is 13.3 Å². The monoisotopic (exact) mass is 230 g/mol. The number of phenolic OH excluding ortho intramolecular Hbond substituents is 1. The van der Waals surface area contributed by atoms with Crippen LogP contribution in [-0.4, -0.2) is 20.7 Å². The molecular formula is C13H14N2O2. The summed E-state index contributed by atoms with van der Waals surface area (Å²) >= 11 is 0. The number of carbonyl (C=O) groups excluding carboxylic acids is 1. The van der Waals surface area contributed by atoms with Crippen LogP contribution in [0.15, 0.2) is 30.3 Å². The molecule has 1 aromatic heterocycles. The predicted octanol–water partition coefficient (Wildman–Crippen LogP) is 1.92. The van der Waals surface area contributed by atoms with Crippen molar-refractivity contribution < 1.29 is 9.90 Å². The Balaban J connectivity index is 2.22. The van der Waals surface area contributed by atoms with Crippen LogP contribution >= 0.6 is 0 Å². The molecule has 0 aliphatic heterocycles. The van der Waals surface area contributed by atoms with Gasteiger partial charge >= 0.3 is 0 Å². The molecule has 0 bridgehead atoms. The zero-order chi connectivity index (χ0) is 12.4. The number of carbonyl (C=O) groups is 1. The van der Waals surface area contributed by atoms with E-state index in [-0.39, 0.29) is 11.5 Å². The quantitative estimate of drug-likeness (QED) is 0.819. The van der Waals surface area contributed by atoms with Gasteiger partial charge in [-0.2, -0.15) is 5.10 Å². The van der Waals surface area contributed by atoms with Gasteiger partial charge in [-0.3, -0.25) is 9.48 Å². The normalized spacial score (nSPS) is 10.5. The van der Waals surface area contributed by atoms with Crippen LogP contribution in [0.25, 0.3) is 0 Å². The third kappa shape index (κ3) is 2.53. The van der Waals surface area contributed by atoms with Gasteiger partial charge in [-0.25, -0.2) is 0 Å². The summed E-state index contributed by atoms with van der Waals surface area (Å²) in [6, 6.07) is 8.78. The van der Waals surface area contributed by atoms with E-state index in [1.807, 2.05) is 12.1 Å². The van der Waals surface area contributed by atoms with Crippen LogP contribution in [0.2, 0.25) is 0 Å². The SMILES string of the molecule is CC(=O)c1cc(Cc2ccc(O)cc2)nn1C. The summed E-state index contributed by atoms with van der Waals surface area (Å²) in [5.41, 5.74) is 2.51. The van der Waals surface area contributed by atoms with Gasteiger partial charge in [-0.05, 0) is 23.8 Å². The lowest BCUT2D eigenvalue weighted by molar-refractivity contribution is 0.100. The van der Waals surface area contributed by atoms with Crippen molar-refractivity contribution in [3.05, 3.63) is 47.3 Å². The fourth-order valence-corrected chi connectivity index (χ4v) is 1.77. The first-order valence-electron chi connectivity index (χ1n) is 5.38. The molecule has 0 saturated carbocycles. The topological polar surface area (TPSA) is 55.1 Å². The van der Waals surface area contributed by atoms with E-state index < -0.39 is 0 Å². The Bertz CT molecular complexity index is 541. The van der Waals surface area contributed by atoms with Crippen LogP contribution in [0.3, 0.4) is 0 Å². The first-order valence-corrected chi connectivity index (χ1v) is 5.38. The van der Waals surface area contributed by atoms with E-state index in [0.29, 0.717) is 12.1 Å². The van der Waals surface area contributed by atoms with E-state index >= 15 is 0 Å². The van der Waals surface area contributed by atoms with Gasteiger partial charge in [-0.1, -0.05) is 12.1 Å². The first-order chi connectivity index (χ1) is 8.06. The molecule has 0 spiro atoms. The molecule has 0 amide bonds. The lowest BCUT2D eigenvalue weighted by Crippen LogP contribution is -2.02. The molecule has 0 fully saturated rings. The largest absolute Gasteiger partial charge is 0.508 e. The highest BCUT2D eigenvalue weighted by Crippen LogP contribution is 2.14. The lowest BCUT2D eigenvalue weighted by Gasteiger charge is -1.98. The maximum absolute atomic E-state index is 11.3. The molecule has 2 rings (SSSR count). The molecule has 0 aliphatic rings. The summed E-state index contributed by atoms with van der Waals surface area (Å²) in [4.78, 5) is 11.3. The molecule has 2 aromatic rings. The van der Waals surface area contributed by atoms with Crippen molar-refractivity contribution in [1.82, 2.24) is 9.78 Å². The minimum Gasteiger partial charge on any atom is -0.508 e. The molecular weight excluding hydrogens is 216 g/mol. The van der Waals surface area contributed by atoms with Gasteiger partial charge in [0.1, 0.15) is 11.4 Å². The van der Waals surface area contributed by atoms with Crippen molar-refractivity contribution in [1.29, 1.82) is 0 Å². The number of hydrogen-bond acceptors (Lipinski definition) is 3. The molecule has 1 heterocycles. The van der Waals surface area contributed by atoms with Crippen molar-refractivity contribution in [3.8, 4) is 5.75 Å². The summed E-state index contributed by atoms with van der Waals surface area (Å²) < 4.78 is 1.60. The van der Waals surface area contributed by atoms with E-state index in [2.05, 4.69) is 5.10 Å². The number of Topliss-reactive ketones (excluding diaryl/α,β-unsaturated/α-hetero) is 1. The van der Waals surface area contributed by atoms with E-state index in [1.165, 1.54) is 6.92 Å². The maximum Gasteiger partial charge on any atom is 0.177 e. The maximum atomic E-state index is 11.3. The van der Waals surface area contributed by atoms with Crippen molar-refractivity contribution in [2.24, 2.45) is 7.05 Å². The van der Waals surface area contributed by atoms with Gasteiger partial charge in [0, 0.05) is 20.4 Å². The van der Waals surface area contributed by atoms with Crippen LogP contribution in [-0.2, 0) is 13.5 Å². The Morgan fingerprint density at radius 1 is 1.35 bits per heavy atom. The fourth-order valence-electron chi connectivity index (χ4n) is 1.77. The number of ketones is 1. The third-order valence-electron chi connectivity index (χ3n) is 2.61. The Hall–Kier alpha value is -2.10. The first kappa shape index (κ1) is 11.4. The van der Waals surface area contributed by atoms with Crippen LogP contribution in [0.5, 0.6) is 5.75 Å². The van der Waals surface area contributed by atoms with Crippen LogP contribution in [0.4, 0.5) is 0 Å². The number of aromatic hydroxyl groups is 1. The highest BCUT2D eigenvalue weighted by atomic mass is 16.3. The standard InChI is InChI=1S/C13H14N2O2/c1-9(16)13-8-11(14-15(13)2)7-10-3-5-12(17)6-4-10/h3-6,8,17H,7H2,1-2H3. The Kier molecular flexibility index (Phi) is 2.95. The van der Waals surface area contributed by atoms with E-state index in [9.17, 15) is 9.90 Å². The summed E-state index contributed by atoms with van der Waals surface area (Å²) in [6.45, 7) is 1.53. The third-order valence-corrected chi connectivity index (χ3v) is 2.61. The highest BCUT2D eigenvalue weighted by molar-refractivity contribution is 5.92. The molecule has 4 nitrogen and oxygen atoms in total. The molecule has 88 valence electrons. The van der Waals surface area contributed by atoms with Gasteiger partial charge in [0.25, 0.3) is 0 Å². The number of phenols is 1. The molecule has 4 heteroatoms. The Morgan fingerprint density at radius 2 is 2.00 bits per heavy atom. The van der Waals surface area contributed by atoms with Gasteiger partial charge < -0.3 is 5.11 Å². The fraction of sp³-hybridized carbons (Fsp3) is 0.231. The van der Waals surface area contributed by atoms with E-state index in [4.69, 9.17) is 0 Å². The van der Waals surface area contributed by atoms with Gasteiger partial charge in [0.05, 0.1) is 5.69 Å². The molecule has 0 atom stereocenters. The van der Waals surface area contributed by atoms with E-state index in [0.717, 1.165) is 11.3 Å². The highest BCUT2D eigenvalue weighted by Gasteiger charge is 2.09. The van der Waals surface area contributed by atoms with Crippen LogP contribution < -0.4 is 0 Å². The molecule has 0 aliphatic carbocycles. The van der Waals surface area contributed by atoms with Crippen molar-refractivity contribution >= 4 is 5.78 Å². The summed E-state index contributed by atoms with van der Waals surface area (Å²) in [6.07, 6.45) is 0.654. The van der Waals surface area contributed by atoms with Crippen LogP contribution in [0, 0.1) is 0 Å². The van der Waals surface area contributed by atoms with Gasteiger partial charge in [0.15, 0.2) is 5.78 Å². The molecule has 0 radical (unpaired) electrons. The molecule has 1 aromatic carbocycles. The number of rotatable bonds is 3. The van der Waals surface area contributed by atoms with Crippen LogP contribution in [0.1, 0.15) is 28.7 Å². The zero-order valence-corrected chi connectivity index (χ0v) is 9.84. The second-order valence-corrected chi connectivity index (χ2v) is 4.04. The molecule has 0 saturated heterocycles. The predicted molar refractivity (Wildman–Crippen MR) is 64.1 cm³/mol. The Morgan fingerprint density at radius 3 is 2.53 bits per heavy atom. The number of nitrogens with zero attached hydrogens (tertiary/aromatic N) is 2. The summed E-state index contributed by atoms with van der Waals surface area (Å²) in [7, 11) is 1.76. The summed E-state index contributed by atoms with van der Waals surface area (Å²) in [5, 5.41) is 13.5. The number of benzene rings is 1. The zero-order valence-electron chi connectivity index (χ0n) is 9.84. The molecule has 0 unspecified atom stereocenters. The summed E-state index contributed by atoms with van der Waals surface area (Å²) in [5.74, 6) is 0.260. The number of aromatic nitrogens is 2. The number of aryl methyl sites for hydroxylation is 1. The molecule has 1 N–H and O–H groups in total. The lowest BCUT2D eigenvalue weighted by atomic mass is 10.1. The average molecular weight is 230 g/mol. The van der Waals surface area contributed by atoms with Gasteiger partial charge in [0.2, 0.25) is 0 Å². The Labute approximate surface area is 99.5 Å². The van der Waals surface area contributed by atoms with Crippen molar-refractivity contribution in [3.63, 3.8) is 0 Å². The van der Waals surface area contributed by atoms with Gasteiger partial charge in [-0.15, -0.1) is 0 Å². The second kappa shape index (κ2) is 4.41. The van der Waals surface area contributed by atoms with E-state index in [1.54, 1.807) is 29.9 Å². The minimum absolute atomic E-state index is 0.0111. The smallest absolute Gasteiger partial charge is 0.177 e. The van der Waals surface area contributed by atoms with Crippen molar-refractivity contribution in [2.75, 3.05) is 0 Å². The average Bonchev–Trinajstić information content (AvgIpc) is 2.63. The number of hydrogen-bond donors (Lipinski definition) is 1.